The Bertz CT molecular complexity index is 488. The van der Waals surface area contributed by atoms with Crippen LogP contribution in [0.25, 0.3) is 0 Å². The molecule has 0 atom stereocenters. The fraction of sp³-hybridized carbons (Fsp3) is 0.737. The molecule has 0 bridgehead atoms. The van der Waals surface area contributed by atoms with Crippen LogP contribution in [0, 0.1) is 5.41 Å². The number of nitrogens with zero attached hydrogens (tertiary/aromatic N) is 3. The second-order valence-corrected chi connectivity index (χ2v) is 7.43. The minimum atomic E-state index is -0.0410. The van der Waals surface area contributed by atoms with Crippen LogP contribution in [0.15, 0.2) is 12.3 Å². The van der Waals surface area contributed by atoms with E-state index in [-0.39, 0.29) is 17.4 Å². The van der Waals surface area contributed by atoms with Crippen molar-refractivity contribution < 1.29 is 4.79 Å². The zero-order valence-corrected chi connectivity index (χ0v) is 15.7. The fourth-order valence-corrected chi connectivity index (χ4v) is 2.78. The molecule has 0 unspecified atom stereocenters. The summed E-state index contributed by atoms with van der Waals surface area (Å²) in [5, 5.41) is 0. The maximum absolute atomic E-state index is 13.0. The zero-order chi connectivity index (χ0) is 17.5. The summed E-state index contributed by atoms with van der Waals surface area (Å²) in [6, 6.07) is 2.11. The van der Waals surface area contributed by atoms with Crippen molar-refractivity contribution in [2.75, 3.05) is 4.90 Å². The van der Waals surface area contributed by atoms with Gasteiger partial charge in [0.15, 0.2) is 0 Å². The fourth-order valence-electron chi connectivity index (χ4n) is 2.78. The minimum Gasteiger partial charge on any atom is -0.278 e. The van der Waals surface area contributed by atoms with Crippen molar-refractivity contribution in [3.05, 3.63) is 18.0 Å². The monoisotopic (exact) mass is 319 g/mol. The topological polar surface area (TPSA) is 46.1 Å². The lowest BCUT2D eigenvalue weighted by atomic mass is 9.91. The maximum atomic E-state index is 13.0. The predicted molar refractivity (Wildman–Crippen MR) is 96.6 cm³/mol. The predicted octanol–water partition coefficient (Wildman–Crippen LogP) is 4.78. The second-order valence-electron chi connectivity index (χ2n) is 7.43. The van der Waals surface area contributed by atoms with Gasteiger partial charge in [0.1, 0.15) is 0 Å². The Morgan fingerprint density at radius 2 is 1.78 bits per heavy atom. The van der Waals surface area contributed by atoms with Gasteiger partial charge in [0, 0.05) is 24.4 Å². The van der Waals surface area contributed by atoms with Crippen molar-refractivity contribution in [2.45, 2.75) is 86.1 Å². The van der Waals surface area contributed by atoms with Crippen LogP contribution in [-0.2, 0) is 11.2 Å². The number of amides is 1. The van der Waals surface area contributed by atoms with E-state index in [0.717, 1.165) is 37.8 Å². The van der Waals surface area contributed by atoms with Gasteiger partial charge < -0.3 is 0 Å². The summed E-state index contributed by atoms with van der Waals surface area (Å²) >= 11 is 0. The highest BCUT2D eigenvalue weighted by Crippen LogP contribution is 2.25. The van der Waals surface area contributed by atoms with Crippen molar-refractivity contribution in [2.24, 2.45) is 5.41 Å². The van der Waals surface area contributed by atoms with Gasteiger partial charge in [-0.25, -0.2) is 9.97 Å². The van der Waals surface area contributed by atoms with Crippen LogP contribution in [0.3, 0.4) is 0 Å². The summed E-state index contributed by atoms with van der Waals surface area (Å²) < 4.78 is 0. The van der Waals surface area contributed by atoms with Crippen molar-refractivity contribution >= 4 is 11.9 Å². The van der Waals surface area contributed by atoms with E-state index in [1.807, 2.05) is 11.0 Å². The van der Waals surface area contributed by atoms with E-state index in [0.29, 0.717) is 12.4 Å². The number of aromatic nitrogens is 2. The molecule has 0 aliphatic heterocycles. The van der Waals surface area contributed by atoms with Gasteiger partial charge in [0.25, 0.3) is 0 Å². The molecule has 0 radical (unpaired) electrons. The first-order valence-electron chi connectivity index (χ1n) is 8.96. The number of hydrogen-bond acceptors (Lipinski definition) is 3. The van der Waals surface area contributed by atoms with Crippen LogP contribution in [0.1, 0.15) is 79.3 Å². The third-order valence-electron chi connectivity index (χ3n) is 3.84. The first-order chi connectivity index (χ1) is 10.8. The molecular formula is C19H33N3O. The molecule has 1 heterocycles. The highest BCUT2D eigenvalue weighted by molar-refractivity contribution is 5.92. The summed E-state index contributed by atoms with van der Waals surface area (Å²) in [5.41, 5.74) is 0.941. The normalized spacial score (nSPS) is 11.8. The summed E-state index contributed by atoms with van der Waals surface area (Å²) in [5.74, 6) is 0.711. The lowest BCUT2D eigenvalue weighted by Gasteiger charge is -2.32. The highest BCUT2D eigenvalue weighted by atomic mass is 16.2. The van der Waals surface area contributed by atoms with Gasteiger partial charge in [-0.2, -0.15) is 0 Å². The lowest BCUT2D eigenvalue weighted by molar-refractivity contribution is -0.120. The molecule has 1 aromatic heterocycles. The molecule has 0 spiro atoms. The van der Waals surface area contributed by atoms with Crippen LogP contribution in [0.5, 0.6) is 0 Å². The standard InChI is InChI=1S/C19H33N3O/c1-7-10-16(11-8-2)22(17(23)14-19(4,5)6)18-20-13-12-15(9-3)21-18/h12-13,16H,7-11,14H2,1-6H3. The number of anilines is 1. The van der Waals surface area contributed by atoms with Gasteiger partial charge in [-0.3, -0.25) is 9.69 Å². The molecule has 0 saturated carbocycles. The molecule has 23 heavy (non-hydrogen) atoms. The Labute approximate surface area is 141 Å². The molecule has 0 aromatic carbocycles. The van der Waals surface area contributed by atoms with E-state index in [1.54, 1.807) is 6.20 Å². The van der Waals surface area contributed by atoms with E-state index in [2.05, 4.69) is 51.5 Å². The quantitative estimate of drug-likeness (QED) is 0.693. The van der Waals surface area contributed by atoms with E-state index >= 15 is 0 Å². The second kappa shape index (κ2) is 8.99. The molecule has 4 nitrogen and oxygen atoms in total. The van der Waals surface area contributed by atoms with Crippen LogP contribution < -0.4 is 4.90 Å². The maximum Gasteiger partial charge on any atom is 0.232 e. The molecule has 0 aliphatic carbocycles. The highest BCUT2D eigenvalue weighted by Gasteiger charge is 2.29. The largest absolute Gasteiger partial charge is 0.278 e. The van der Waals surface area contributed by atoms with Crippen LogP contribution in [-0.4, -0.2) is 21.9 Å². The smallest absolute Gasteiger partial charge is 0.232 e. The van der Waals surface area contributed by atoms with Crippen molar-refractivity contribution in [3.8, 4) is 0 Å². The number of carbonyl (C=O) groups excluding carboxylic acids is 1. The average molecular weight is 319 g/mol. The van der Waals surface area contributed by atoms with Gasteiger partial charge in [-0.05, 0) is 30.7 Å². The van der Waals surface area contributed by atoms with Gasteiger partial charge in [-0.1, -0.05) is 54.4 Å². The van der Waals surface area contributed by atoms with Crippen LogP contribution >= 0.6 is 0 Å². The van der Waals surface area contributed by atoms with E-state index < -0.39 is 0 Å². The van der Waals surface area contributed by atoms with Crippen molar-refractivity contribution in [3.63, 3.8) is 0 Å². The molecule has 0 saturated heterocycles. The molecule has 0 aliphatic rings. The van der Waals surface area contributed by atoms with Crippen molar-refractivity contribution in [1.82, 2.24) is 9.97 Å². The molecule has 1 amide bonds. The molecule has 0 N–H and O–H groups in total. The molecular weight excluding hydrogens is 286 g/mol. The SMILES string of the molecule is CCCC(CCC)N(C(=O)CC(C)(C)C)c1nccc(CC)n1. The van der Waals surface area contributed by atoms with Crippen molar-refractivity contribution in [1.29, 1.82) is 0 Å². The Morgan fingerprint density at radius 3 is 2.26 bits per heavy atom. The van der Waals surface area contributed by atoms with Gasteiger partial charge in [0.05, 0.1) is 0 Å². The number of carbonyl (C=O) groups is 1. The average Bonchev–Trinajstić information content (AvgIpc) is 2.46. The molecule has 1 rings (SSSR count). The molecule has 130 valence electrons. The molecule has 4 heteroatoms. The Morgan fingerprint density at radius 1 is 1.17 bits per heavy atom. The third kappa shape index (κ3) is 6.28. The van der Waals surface area contributed by atoms with E-state index in [9.17, 15) is 4.79 Å². The number of rotatable bonds is 8. The Kier molecular flexibility index (Phi) is 7.66. The molecule has 1 aromatic rings. The summed E-state index contributed by atoms with van der Waals surface area (Å²) in [4.78, 5) is 23.9. The van der Waals surface area contributed by atoms with Crippen LogP contribution in [0.2, 0.25) is 0 Å². The van der Waals surface area contributed by atoms with Gasteiger partial charge in [0.2, 0.25) is 11.9 Å². The van der Waals surface area contributed by atoms with Crippen LogP contribution in [0.4, 0.5) is 5.95 Å². The summed E-state index contributed by atoms with van der Waals surface area (Å²) in [6.07, 6.45) is 7.22. The lowest BCUT2D eigenvalue weighted by Crippen LogP contribution is -2.43. The number of aryl methyl sites for hydroxylation is 1. The first kappa shape index (κ1) is 19.6. The zero-order valence-electron chi connectivity index (χ0n) is 15.7. The van der Waals surface area contributed by atoms with E-state index in [4.69, 9.17) is 0 Å². The first-order valence-corrected chi connectivity index (χ1v) is 8.96. The summed E-state index contributed by atoms with van der Waals surface area (Å²) in [6.45, 7) is 12.7. The molecule has 0 fully saturated rings. The number of hydrogen-bond donors (Lipinski definition) is 0. The summed E-state index contributed by atoms with van der Waals surface area (Å²) in [7, 11) is 0. The third-order valence-corrected chi connectivity index (χ3v) is 3.84. The van der Waals surface area contributed by atoms with Gasteiger partial charge >= 0.3 is 0 Å². The van der Waals surface area contributed by atoms with E-state index in [1.165, 1.54) is 0 Å². The Balaban J connectivity index is 3.19. The minimum absolute atomic E-state index is 0.0410. The van der Waals surface area contributed by atoms with Gasteiger partial charge in [-0.15, -0.1) is 0 Å². The Hall–Kier alpha value is -1.45.